The fourth-order valence-corrected chi connectivity index (χ4v) is 2.32. The van der Waals surface area contributed by atoms with Crippen LogP contribution in [-0.4, -0.2) is 27.1 Å². The number of fused-ring (bicyclic) bond motifs is 1. The Balaban J connectivity index is 1.89. The molecular formula is C14H15N3O2. The molecule has 0 saturated heterocycles. The second-order valence-corrected chi connectivity index (χ2v) is 4.93. The largest absolute Gasteiger partial charge is 0.481 e. The van der Waals surface area contributed by atoms with Gasteiger partial charge < -0.3 is 10.4 Å². The minimum absolute atomic E-state index is 0.0455. The number of nitrogens with zero attached hydrogens (tertiary/aromatic N) is 2. The van der Waals surface area contributed by atoms with Crippen LogP contribution in [0.15, 0.2) is 30.6 Å². The first-order valence-corrected chi connectivity index (χ1v) is 6.42. The number of rotatable bonds is 5. The molecule has 0 spiro atoms. The summed E-state index contributed by atoms with van der Waals surface area (Å²) in [6.07, 6.45) is 3.82. The van der Waals surface area contributed by atoms with E-state index >= 15 is 0 Å². The number of aliphatic carboxylic acids is 1. The molecule has 0 bridgehead atoms. The summed E-state index contributed by atoms with van der Waals surface area (Å²) in [7, 11) is 0. The van der Waals surface area contributed by atoms with Crippen LogP contribution in [0.2, 0.25) is 0 Å². The van der Waals surface area contributed by atoms with E-state index in [0.29, 0.717) is 5.92 Å². The van der Waals surface area contributed by atoms with Gasteiger partial charge in [0.25, 0.3) is 0 Å². The number of hydrogen-bond acceptors (Lipinski definition) is 4. The van der Waals surface area contributed by atoms with Gasteiger partial charge in [-0.3, -0.25) is 4.79 Å². The molecule has 5 heteroatoms. The van der Waals surface area contributed by atoms with Crippen LogP contribution in [-0.2, 0) is 4.79 Å². The van der Waals surface area contributed by atoms with Gasteiger partial charge in [0.1, 0.15) is 12.1 Å². The van der Waals surface area contributed by atoms with Gasteiger partial charge >= 0.3 is 5.97 Å². The molecule has 3 rings (SSSR count). The van der Waals surface area contributed by atoms with Gasteiger partial charge in [0, 0.05) is 11.4 Å². The first-order chi connectivity index (χ1) is 9.24. The smallest absolute Gasteiger partial charge is 0.305 e. The van der Waals surface area contributed by atoms with Gasteiger partial charge in [-0.15, -0.1) is 0 Å². The molecule has 1 fully saturated rings. The number of hydrogen-bond donors (Lipinski definition) is 2. The van der Waals surface area contributed by atoms with Crippen molar-refractivity contribution in [3.8, 4) is 0 Å². The Labute approximate surface area is 110 Å². The Kier molecular flexibility index (Phi) is 3.03. The fourth-order valence-electron chi connectivity index (χ4n) is 2.32. The van der Waals surface area contributed by atoms with E-state index in [-0.39, 0.29) is 12.5 Å². The molecule has 19 heavy (non-hydrogen) atoms. The Hall–Kier alpha value is -2.17. The second-order valence-electron chi connectivity index (χ2n) is 4.93. The van der Waals surface area contributed by atoms with Gasteiger partial charge in [0.05, 0.1) is 11.9 Å². The summed E-state index contributed by atoms with van der Waals surface area (Å²) in [6, 6.07) is 7.68. The standard InChI is InChI=1S/C14H15N3O2/c18-13(19)7-12(9-5-6-9)17-14-10-3-1-2-4-11(10)15-8-16-14/h1-4,8-9,12H,5-7H2,(H,18,19)(H,15,16,17). The Bertz CT molecular complexity index is 605. The lowest BCUT2D eigenvalue weighted by atomic mass is 10.1. The number of carboxylic acid groups (broad SMARTS) is 1. The van der Waals surface area contributed by atoms with Crippen molar-refractivity contribution in [3.05, 3.63) is 30.6 Å². The molecule has 0 radical (unpaired) electrons. The lowest BCUT2D eigenvalue weighted by Gasteiger charge is -2.17. The van der Waals surface area contributed by atoms with Crippen LogP contribution in [0.5, 0.6) is 0 Å². The van der Waals surface area contributed by atoms with Crippen molar-refractivity contribution in [2.24, 2.45) is 5.92 Å². The minimum Gasteiger partial charge on any atom is -0.481 e. The Morgan fingerprint density at radius 1 is 1.37 bits per heavy atom. The molecule has 2 aromatic rings. The quantitative estimate of drug-likeness (QED) is 0.859. The van der Waals surface area contributed by atoms with Crippen LogP contribution in [0.4, 0.5) is 5.82 Å². The van der Waals surface area contributed by atoms with E-state index in [1.807, 2.05) is 24.3 Å². The van der Waals surface area contributed by atoms with E-state index in [0.717, 1.165) is 29.6 Å². The average molecular weight is 257 g/mol. The maximum Gasteiger partial charge on any atom is 0.305 e. The molecule has 1 heterocycles. The van der Waals surface area contributed by atoms with Crippen molar-refractivity contribution in [1.29, 1.82) is 0 Å². The third-order valence-corrected chi connectivity index (χ3v) is 3.45. The number of carbonyl (C=O) groups is 1. The molecule has 1 aromatic heterocycles. The summed E-state index contributed by atoms with van der Waals surface area (Å²) in [4.78, 5) is 19.4. The highest BCUT2D eigenvalue weighted by atomic mass is 16.4. The summed E-state index contributed by atoms with van der Waals surface area (Å²) in [6.45, 7) is 0. The van der Waals surface area contributed by atoms with Gasteiger partial charge in [-0.05, 0) is 30.9 Å². The highest BCUT2D eigenvalue weighted by Crippen LogP contribution is 2.36. The maximum absolute atomic E-state index is 10.9. The van der Waals surface area contributed by atoms with E-state index < -0.39 is 5.97 Å². The summed E-state index contributed by atoms with van der Waals surface area (Å²) in [5.41, 5.74) is 0.866. The van der Waals surface area contributed by atoms with Crippen LogP contribution in [0.25, 0.3) is 10.9 Å². The number of carboxylic acids is 1. The first kappa shape index (κ1) is 11.9. The van der Waals surface area contributed by atoms with E-state index in [1.54, 1.807) is 0 Å². The van der Waals surface area contributed by atoms with Crippen molar-refractivity contribution < 1.29 is 9.90 Å². The number of anilines is 1. The van der Waals surface area contributed by atoms with Gasteiger partial charge in [-0.2, -0.15) is 0 Å². The van der Waals surface area contributed by atoms with Crippen LogP contribution in [0.1, 0.15) is 19.3 Å². The number of para-hydroxylation sites is 1. The lowest BCUT2D eigenvalue weighted by Crippen LogP contribution is -2.26. The molecule has 1 aliphatic carbocycles. The van der Waals surface area contributed by atoms with Crippen molar-refractivity contribution in [1.82, 2.24) is 9.97 Å². The molecule has 1 aliphatic rings. The Morgan fingerprint density at radius 3 is 2.89 bits per heavy atom. The molecule has 0 aliphatic heterocycles. The molecular weight excluding hydrogens is 242 g/mol. The summed E-state index contributed by atoms with van der Waals surface area (Å²) >= 11 is 0. The van der Waals surface area contributed by atoms with Crippen LogP contribution in [0, 0.1) is 5.92 Å². The van der Waals surface area contributed by atoms with E-state index in [9.17, 15) is 4.79 Å². The molecule has 1 unspecified atom stereocenters. The zero-order chi connectivity index (χ0) is 13.2. The second kappa shape index (κ2) is 4.84. The zero-order valence-electron chi connectivity index (χ0n) is 10.4. The topological polar surface area (TPSA) is 75.1 Å². The summed E-state index contributed by atoms with van der Waals surface area (Å²) in [5, 5.41) is 13.2. The number of nitrogens with one attached hydrogen (secondary N) is 1. The monoisotopic (exact) mass is 257 g/mol. The van der Waals surface area contributed by atoms with E-state index in [2.05, 4.69) is 15.3 Å². The summed E-state index contributed by atoms with van der Waals surface area (Å²) in [5.74, 6) is 0.399. The van der Waals surface area contributed by atoms with Crippen molar-refractivity contribution in [3.63, 3.8) is 0 Å². The maximum atomic E-state index is 10.9. The molecule has 1 aromatic carbocycles. The highest BCUT2D eigenvalue weighted by Gasteiger charge is 2.33. The van der Waals surface area contributed by atoms with Gasteiger partial charge in [0.2, 0.25) is 0 Å². The third-order valence-electron chi connectivity index (χ3n) is 3.45. The van der Waals surface area contributed by atoms with Gasteiger partial charge in [-0.25, -0.2) is 9.97 Å². The van der Waals surface area contributed by atoms with E-state index in [1.165, 1.54) is 6.33 Å². The van der Waals surface area contributed by atoms with Crippen molar-refractivity contribution in [2.75, 3.05) is 5.32 Å². The highest BCUT2D eigenvalue weighted by molar-refractivity contribution is 5.88. The number of aromatic nitrogens is 2. The fraction of sp³-hybridized carbons (Fsp3) is 0.357. The molecule has 98 valence electrons. The average Bonchev–Trinajstić information content (AvgIpc) is 3.22. The van der Waals surface area contributed by atoms with Crippen molar-refractivity contribution >= 4 is 22.7 Å². The van der Waals surface area contributed by atoms with Crippen LogP contribution in [0.3, 0.4) is 0 Å². The zero-order valence-corrected chi connectivity index (χ0v) is 10.4. The van der Waals surface area contributed by atoms with Crippen molar-refractivity contribution in [2.45, 2.75) is 25.3 Å². The van der Waals surface area contributed by atoms with Gasteiger partial charge in [0.15, 0.2) is 0 Å². The first-order valence-electron chi connectivity index (χ1n) is 6.42. The summed E-state index contributed by atoms with van der Waals surface area (Å²) < 4.78 is 0. The SMILES string of the molecule is O=C(O)CC(Nc1ncnc2ccccc12)C1CC1. The van der Waals surface area contributed by atoms with Crippen LogP contribution < -0.4 is 5.32 Å². The third kappa shape index (κ3) is 2.65. The van der Waals surface area contributed by atoms with Crippen LogP contribution >= 0.6 is 0 Å². The molecule has 0 amide bonds. The van der Waals surface area contributed by atoms with E-state index in [4.69, 9.17) is 5.11 Å². The lowest BCUT2D eigenvalue weighted by molar-refractivity contribution is -0.137. The number of benzene rings is 1. The minimum atomic E-state index is -0.775. The Morgan fingerprint density at radius 2 is 2.16 bits per heavy atom. The molecule has 1 saturated carbocycles. The van der Waals surface area contributed by atoms with Gasteiger partial charge in [-0.1, -0.05) is 12.1 Å². The molecule has 5 nitrogen and oxygen atoms in total. The molecule has 2 N–H and O–H groups in total. The predicted molar refractivity (Wildman–Crippen MR) is 71.9 cm³/mol. The predicted octanol–water partition coefficient (Wildman–Crippen LogP) is 2.29. The normalized spacial score (nSPS) is 16.2. The molecule has 1 atom stereocenters.